The predicted octanol–water partition coefficient (Wildman–Crippen LogP) is 3.04. The lowest BCUT2D eigenvalue weighted by molar-refractivity contribution is -0.657. The molecule has 0 N–H and O–H groups in total. The second-order valence-corrected chi connectivity index (χ2v) is 5.55. The van der Waals surface area contributed by atoms with Crippen LogP contribution in [0.1, 0.15) is 10.4 Å². The van der Waals surface area contributed by atoms with E-state index < -0.39 is 0 Å². The van der Waals surface area contributed by atoms with Crippen LogP contribution >= 0.6 is 0 Å². The lowest BCUT2D eigenvalue weighted by Crippen LogP contribution is -2.38. The van der Waals surface area contributed by atoms with Crippen LogP contribution < -0.4 is 18.8 Å². The number of hydrogen-bond donors (Lipinski definition) is 0. The molecule has 25 heavy (non-hydrogen) atoms. The lowest BCUT2D eigenvalue weighted by Gasteiger charge is -2.08. The van der Waals surface area contributed by atoms with Crippen LogP contribution in [0, 0.1) is 0 Å². The van der Waals surface area contributed by atoms with E-state index in [1.54, 1.807) is 39.5 Å². The van der Waals surface area contributed by atoms with E-state index in [0.29, 0.717) is 17.1 Å². The molecule has 0 saturated heterocycles. The number of benzene rings is 2. The van der Waals surface area contributed by atoms with Crippen molar-refractivity contribution in [3.8, 4) is 17.2 Å². The third-order valence-electron chi connectivity index (χ3n) is 4.11. The fourth-order valence-electron chi connectivity index (χ4n) is 2.78. The maximum atomic E-state index is 12.7. The Labute approximate surface area is 146 Å². The molecule has 0 unspecified atom stereocenters. The van der Waals surface area contributed by atoms with Crippen molar-refractivity contribution in [1.29, 1.82) is 0 Å². The highest BCUT2D eigenvalue weighted by molar-refractivity contribution is 5.96. The van der Waals surface area contributed by atoms with E-state index in [9.17, 15) is 4.79 Å². The van der Waals surface area contributed by atoms with E-state index >= 15 is 0 Å². The first-order chi connectivity index (χ1) is 12.2. The summed E-state index contributed by atoms with van der Waals surface area (Å²) < 4.78 is 17.7. The Morgan fingerprint density at radius 3 is 2.44 bits per heavy atom. The molecule has 0 radical (unpaired) electrons. The number of aromatic nitrogens is 1. The van der Waals surface area contributed by atoms with Crippen molar-refractivity contribution < 1.29 is 23.6 Å². The molecule has 3 rings (SSSR count). The smallest absolute Gasteiger partial charge is 0.227 e. The summed E-state index contributed by atoms with van der Waals surface area (Å²) in [5.41, 5.74) is 1.55. The van der Waals surface area contributed by atoms with Gasteiger partial charge in [-0.15, -0.1) is 0 Å². The Morgan fingerprint density at radius 2 is 1.72 bits per heavy atom. The molecule has 5 nitrogen and oxygen atoms in total. The van der Waals surface area contributed by atoms with Crippen LogP contribution in [-0.2, 0) is 6.54 Å². The first kappa shape index (κ1) is 16.8. The van der Waals surface area contributed by atoms with Gasteiger partial charge in [-0.1, -0.05) is 0 Å². The molecular weight excluding hydrogens is 318 g/mol. The Balaban J connectivity index is 1.92. The van der Waals surface area contributed by atoms with Crippen molar-refractivity contribution in [3.63, 3.8) is 0 Å². The SMILES string of the molecule is COc1ccc2c(ccc[n+]2CC(=O)c2ccc(OC)c(OC)c2)c1. The molecule has 1 heterocycles. The second-order valence-electron chi connectivity index (χ2n) is 5.55. The summed E-state index contributed by atoms with van der Waals surface area (Å²) in [5, 5.41) is 1.02. The fraction of sp³-hybridized carbons (Fsp3) is 0.200. The molecule has 0 saturated carbocycles. The molecule has 0 aliphatic heterocycles. The normalized spacial score (nSPS) is 10.5. The number of carbonyl (C=O) groups is 1. The van der Waals surface area contributed by atoms with Gasteiger partial charge in [0.15, 0.2) is 17.7 Å². The Morgan fingerprint density at radius 1 is 0.920 bits per heavy atom. The van der Waals surface area contributed by atoms with Crippen LogP contribution in [0.4, 0.5) is 0 Å². The predicted molar refractivity (Wildman–Crippen MR) is 94.6 cm³/mol. The number of ether oxygens (including phenoxy) is 3. The van der Waals surface area contributed by atoms with Gasteiger partial charge >= 0.3 is 0 Å². The van der Waals surface area contributed by atoms with Gasteiger partial charge in [-0.3, -0.25) is 4.79 Å². The zero-order chi connectivity index (χ0) is 17.8. The van der Waals surface area contributed by atoms with E-state index in [4.69, 9.17) is 14.2 Å². The van der Waals surface area contributed by atoms with Crippen LogP contribution in [0.25, 0.3) is 10.9 Å². The summed E-state index contributed by atoms with van der Waals surface area (Å²) in [6.07, 6.45) is 1.90. The van der Waals surface area contributed by atoms with E-state index in [1.165, 1.54) is 0 Å². The summed E-state index contributed by atoms with van der Waals surface area (Å²) in [7, 11) is 4.76. The number of Topliss-reactive ketones (excluding diaryl/α,β-unsaturated/α-hetero) is 1. The van der Waals surface area contributed by atoms with Crippen molar-refractivity contribution in [2.24, 2.45) is 0 Å². The van der Waals surface area contributed by atoms with E-state index in [2.05, 4.69) is 0 Å². The van der Waals surface area contributed by atoms with Crippen molar-refractivity contribution >= 4 is 16.7 Å². The first-order valence-corrected chi connectivity index (χ1v) is 7.87. The molecule has 1 aromatic heterocycles. The van der Waals surface area contributed by atoms with Crippen molar-refractivity contribution in [1.82, 2.24) is 0 Å². The van der Waals surface area contributed by atoms with Crippen LogP contribution in [0.3, 0.4) is 0 Å². The summed E-state index contributed by atoms with van der Waals surface area (Å²) >= 11 is 0. The number of nitrogens with zero attached hydrogens (tertiary/aromatic N) is 1. The number of carbonyl (C=O) groups excluding carboxylic acids is 1. The van der Waals surface area contributed by atoms with Crippen molar-refractivity contribution in [3.05, 3.63) is 60.3 Å². The van der Waals surface area contributed by atoms with Gasteiger partial charge in [-0.2, -0.15) is 4.57 Å². The molecular formula is C20H20NO4+. The van der Waals surface area contributed by atoms with Gasteiger partial charge in [0.25, 0.3) is 0 Å². The molecule has 5 heteroatoms. The average Bonchev–Trinajstić information content (AvgIpc) is 2.67. The van der Waals surface area contributed by atoms with E-state index in [1.807, 2.05) is 41.1 Å². The van der Waals surface area contributed by atoms with Crippen LogP contribution in [0.15, 0.2) is 54.7 Å². The highest BCUT2D eigenvalue weighted by Gasteiger charge is 2.17. The van der Waals surface area contributed by atoms with Crippen LogP contribution in [0.2, 0.25) is 0 Å². The van der Waals surface area contributed by atoms with Crippen LogP contribution in [0.5, 0.6) is 17.2 Å². The summed E-state index contributed by atoms with van der Waals surface area (Å²) in [6.45, 7) is 0.235. The molecule has 0 spiro atoms. The molecule has 0 bridgehead atoms. The quantitative estimate of drug-likeness (QED) is 0.512. The minimum Gasteiger partial charge on any atom is -0.497 e. The largest absolute Gasteiger partial charge is 0.497 e. The topological polar surface area (TPSA) is 48.6 Å². The monoisotopic (exact) mass is 338 g/mol. The molecule has 0 fully saturated rings. The molecule has 0 amide bonds. The molecule has 128 valence electrons. The minimum atomic E-state index is -0.00530. The number of fused-ring (bicyclic) bond motifs is 1. The van der Waals surface area contributed by atoms with Gasteiger partial charge in [0.05, 0.1) is 26.7 Å². The first-order valence-electron chi connectivity index (χ1n) is 7.87. The van der Waals surface area contributed by atoms with Gasteiger partial charge in [-0.05, 0) is 36.4 Å². The number of pyridine rings is 1. The summed E-state index contributed by atoms with van der Waals surface area (Å²) in [6, 6.07) is 14.9. The third-order valence-corrected chi connectivity index (χ3v) is 4.11. The van der Waals surface area contributed by atoms with Crippen molar-refractivity contribution in [2.45, 2.75) is 6.54 Å². The molecule has 0 atom stereocenters. The third kappa shape index (κ3) is 3.40. The Kier molecular flexibility index (Phi) is 4.84. The fourth-order valence-corrected chi connectivity index (χ4v) is 2.78. The minimum absolute atomic E-state index is 0.00530. The second kappa shape index (κ2) is 7.21. The van der Waals surface area contributed by atoms with E-state index in [0.717, 1.165) is 16.7 Å². The lowest BCUT2D eigenvalue weighted by atomic mass is 10.1. The van der Waals surface area contributed by atoms with Crippen molar-refractivity contribution in [2.75, 3.05) is 21.3 Å². The molecule has 3 aromatic rings. The van der Waals surface area contributed by atoms with Gasteiger partial charge < -0.3 is 14.2 Å². The van der Waals surface area contributed by atoms with Crippen LogP contribution in [-0.4, -0.2) is 27.1 Å². The van der Waals surface area contributed by atoms with Gasteiger partial charge in [0.1, 0.15) is 5.75 Å². The molecule has 0 aliphatic carbocycles. The zero-order valence-electron chi connectivity index (χ0n) is 14.5. The Bertz CT molecular complexity index is 921. The summed E-state index contributed by atoms with van der Waals surface area (Å²) in [4.78, 5) is 12.7. The molecule has 2 aromatic carbocycles. The molecule has 0 aliphatic rings. The van der Waals surface area contributed by atoms with E-state index in [-0.39, 0.29) is 12.3 Å². The zero-order valence-corrected chi connectivity index (χ0v) is 14.5. The standard InChI is InChI=1S/C20H20NO4/c1-23-16-7-8-17-14(11-16)5-4-10-21(17)13-18(22)15-6-9-19(24-2)20(12-15)25-3/h4-12H,13H2,1-3H3/q+1. The van der Waals surface area contributed by atoms with Gasteiger partial charge in [-0.25, -0.2) is 0 Å². The number of ketones is 1. The maximum Gasteiger partial charge on any atom is 0.227 e. The van der Waals surface area contributed by atoms with Gasteiger partial charge in [0.2, 0.25) is 17.8 Å². The highest BCUT2D eigenvalue weighted by atomic mass is 16.5. The average molecular weight is 338 g/mol. The maximum absolute atomic E-state index is 12.7. The highest BCUT2D eigenvalue weighted by Crippen LogP contribution is 2.27. The summed E-state index contributed by atoms with van der Waals surface area (Å²) in [5.74, 6) is 1.93. The number of hydrogen-bond acceptors (Lipinski definition) is 4. The Hall–Kier alpha value is -3.08. The van der Waals surface area contributed by atoms with Gasteiger partial charge in [0, 0.05) is 17.7 Å². The number of methoxy groups -OCH3 is 3. The number of rotatable bonds is 6.